The number of nitrogens with one attached hydrogen (secondary N) is 1. The topological polar surface area (TPSA) is 98.5 Å². The summed E-state index contributed by atoms with van der Waals surface area (Å²) in [5.74, 6) is 0.0347. The lowest BCUT2D eigenvalue weighted by atomic mass is 10.1. The number of carbonyl (C=O) groups is 1. The Morgan fingerprint density at radius 1 is 1.07 bits per heavy atom. The van der Waals surface area contributed by atoms with Gasteiger partial charge in [-0.05, 0) is 54.1 Å². The van der Waals surface area contributed by atoms with Crippen LogP contribution in [0.25, 0.3) is 16.7 Å². The molecule has 0 atom stereocenters. The van der Waals surface area contributed by atoms with Crippen molar-refractivity contribution in [2.75, 3.05) is 11.1 Å². The summed E-state index contributed by atoms with van der Waals surface area (Å²) < 4.78 is 1.65. The van der Waals surface area contributed by atoms with E-state index in [0.717, 1.165) is 22.3 Å². The van der Waals surface area contributed by atoms with Gasteiger partial charge in [0.25, 0.3) is 0 Å². The van der Waals surface area contributed by atoms with Gasteiger partial charge in [0.1, 0.15) is 0 Å². The van der Waals surface area contributed by atoms with Gasteiger partial charge < -0.3 is 5.32 Å². The minimum absolute atomic E-state index is 0.150. The van der Waals surface area contributed by atoms with Crippen LogP contribution in [0.1, 0.15) is 11.1 Å². The molecule has 9 heteroatoms. The zero-order valence-corrected chi connectivity index (χ0v) is 16.1. The summed E-state index contributed by atoms with van der Waals surface area (Å²) in [5, 5.41) is 15.3. The number of thioether (sulfide) groups is 1. The van der Waals surface area contributed by atoms with Crippen LogP contribution in [0.2, 0.25) is 0 Å². The van der Waals surface area contributed by atoms with Crippen molar-refractivity contribution >= 4 is 34.4 Å². The zero-order chi connectivity index (χ0) is 19.5. The molecule has 1 N–H and O–H groups in total. The van der Waals surface area contributed by atoms with Gasteiger partial charge in [-0.25, -0.2) is 0 Å². The van der Waals surface area contributed by atoms with E-state index in [1.54, 1.807) is 29.2 Å². The maximum absolute atomic E-state index is 12.4. The Labute approximate surface area is 165 Å². The Morgan fingerprint density at radius 3 is 2.71 bits per heavy atom. The first-order valence-corrected chi connectivity index (χ1v) is 9.58. The molecule has 0 fully saturated rings. The van der Waals surface area contributed by atoms with Crippen molar-refractivity contribution in [3.05, 3.63) is 59.9 Å². The van der Waals surface area contributed by atoms with Crippen LogP contribution in [0.5, 0.6) is 0 Å². The van der Waals surface area contributed by atoms with Gasteiger partial charge in [-0.2, -0.15) is 4.68 Å². The molecule has 0 saturated heterocycles. The highest BCUT2D eigenvalue weighted by molar-refractivity contribution is 7.99. The van der Waals surface area contributed by atoms with E-state index in [9.17, 15) is 4.79 Å². The highest BCUT2D eigenvalue weighted by Crippen LogP contribution is 2.22. The summed E-state index contributed by atoms with van der Waals surface area (Å²) in [6, 6.07) is 11.5. The molecule has 0 saturated carbocycles. The first-order valence-electron chi connectivity index (χ1n) is 8.59. The van der Waals surface area contributed by atoms with Gasteiger partial charge in [-0.1, -0.05) is 29.5 Å². The number of benzene rings is 2. The Kier molecular flexibility index (Phi) is 4.98. The number of aryl methyl sites for hydroxylation is 2. The van der Waals surface area contributed by atoms with Crippen LogP contribution in [0.4, 0.5) is 5.69 Å². The molecule has 8 nitrogen and oxygen atoms in total. The monoisotopic (exact) mass is 391 g/mol. The largest absolute Gasteiger partial charge is 0.325 e. The van der Waals surface area contributed by atoms with Crippen LogP contribution in [-0.2, 0) is 4.79 Å². The lowest BCUT2D eigenvalue weighted by molar-refractivity contribution is -0.113. The van der Waals surface area contributed by atoms with Gasteiger partial charge >= 0.3 is 0 Å². The molecule has 0 bridgehead atoms. The van der Waals surface area contributed by atoms with Crippen molar-refractivity contribution in [2.45, 2.75) is 19.0 Å². The van der Waals surface area contributed by atoms with Crippen LogP contribution in [0.3, 0.4) is 0 Å². The highest BCUT2D eigenvalue weighted by Gasteiger charge is 2.13. The van der Waals surface area contributed by atoms with Gasteiger partial charge in [-0.15, -0.1) is 5.10 Å². The summed E-state index contributed by atoms with van der Waals surface area (Å²) in [7, 11) is 0. The number of hydrogen-bond donors (Lipinski definition) is 1. The van der Waals surface area contributed by atoms with E-state index < -0.39 is 0 Å². The molecule has 2 aromatic heterocycles. The fraction of sp³-hybridized carbons (Fsp3) is 0.158. The standard InChI is InChI=1S/C19H17N7OS/c1-12-3-6-17(13(2)9-12)26-19(23-24-25-26)28-11-18(27)22-14-4-5-15-16(10-14)21-8-7-20-15/h3-10H,11H2,1-2H3,(H,22,27). The third-order valence-corrected chi connectivity index (χ3v) is 5.03. The molecular weight excluding hydrogens is 374 g/mol. The molecular formula is C19H17N7OS. The van der Waals surface area contributed by atoms with E-state index in [1.807, 2.05) is 32.0 Å². The maximum Gasteiger partial charge on any atom is 0.234 e. The number of amides is 1. The lowest BCUT2D eigenvalue weighted by Crippen LogP contribution is -2.14. The fourth-order valence-corrected chi connectivity index (χ4v) is 3.52. The van der Waals surface area contributed by atoms with Crippen molar-refractivity contribution in [1.29, 1.82) is 0 Å². The second-order valence-electron chi connectivity index (χ2n) is 6.26. The minimum atomic E-state index is -0.150. The number of nitrogens with zero attached hydrogens (tertiary/aromatic N) is 6. The van der Waals surface area contributed by atoms with Crippen LogP contribution >= 0.6 is 11.8 Å². The molecule has 0 aliphatic rings. The van der Waals surface area contributed by atoms with Crippen molar-refractivity contribution in [3.63, 3.8) is 0 Å². The molecule has 0 aliphatic heterocycles. The number of fused-ring (bicyclic) bond motifs is 1. The Morgan fingerprint density at radius 2 is 1.89 bits per heavy atom. The average Bonchev–Trinajstić information content (AvgIpc) is 3.14. The van der Waals surface area contributed by atoms with Crippen molar-refractivity contribution in [1.82, 2.24) is 30.2 Å². The molecule has 28 heavy (non-hydrogen) atoms. The molecule has 1 amide bonds. The first kappa shape index (κ1) is 18.1. The van der Waals surface area contributed by atoms with Crippen molar-refractivity contribution < 1.29 is 4.79 Å². The molecule has 0 unspecified atom stereocenters. The molecule has 2 heterocycles. The van der Waals surface area contributed by atoms with Gasteiger partial charge in [0.05, 0.1) is 22.5 Å². The third-order valence-electron chi connectivity index (χ3n) is 4.11. The van der Waals surface area contributed by atoms with Gasteiger partial charge in [0.15, 0.2) is 0 Å². The summed E-state index contributed by atoms with van der Waals surface area (Å²) >= 11 is 1.28. The molecule has 140 valence electrons. The summed E-state index contributed by atoms with van der Waals surface area (Å²) in [6.45, 7) is 4.04. The smallest absolute Gasteiger partial charge is 0.234 e. The number of tetrazole rings is 1. The van der Waals surface area contributed by atoms with Crippen LogP contribution in [0, 0.1) is 13.8 Å². The Hall–Kier alpha value is -3.33. The number of anilines is 1. The number of carbonyl (C=O) groups excluding carboxylic acids is 1. The maximum atomic E-state index is 12.4. The average molecular weight is 391 g/mol. The number of rotatable bonds is 5. The van der Waals surface area contributed by atoms with Gasteiger partial charge in [0.2, 0.25) is 11.1 Å². The van der Waals surface area contributed by atoms with E-state index in [4.69, 9.17) is 0 Å². The Bertz CT molecular complexity index is 1160. The van der Waals surface area contributed by atoms with Gasteiger partial charge in [-0.3, -0.25) is 14.8 Å². The second-order valence-corrected chi connectivity index (χ2v) is 7.20. The minimum Gasteiger partial charge on any atom is -0.325 e. The quantitative estimate of drug-likeness (QED) is 0.522. The van der Waals surface area contributed by atoms with E-state index in [2.05, 4.69) is 36.9 Å². The SMILES string of the molecule is Cc1ccc(-n2nnnc2SCC(=O)Nc2ccc3nccnc3c2)c(C)c1. The van der Waals surface area contributed by atoms with Crippen LogP contribution in [-0.4, -0.2) is 41.8 Å². The second kappa shape index (κ2) is 7.73. The molecule has 4 rings (SSSR count). The number of hydrogen-bond acceptors (Lipinski definition) is 7. The van der Waals surface area contributed by atoms with Crippen molar-refractivity contribution in [2.24, 2.45) is 0 Å². The molecule has 0 spiro atoms. The highest BCUT2D eigenvalue weighted by atomic mass is 32.2. The normalized spacial score (nSPS) is 10.9. The predicted molar refractivity (Wildman–Crippen MR) is 108 cm³/mol. The molecule has 4 aromatic rings. The third kappa shape index (κ3) is 3.84. The summed E-state index contributed by atoms with van der Waals surface area (Å²) in [4.78, 5) is 20.8. The zero-order valence-electron chi connectivity index (χ0n) is 15.3. The van der Waals surface area contributed by atoms with Crippen molar-refractivity contribution in [3.8, 4) is 5.69 Å². The fourth-order valence-electron chi connectivity index (χ4n) is 2.83. The number of aromatic nitrogens is 6. The molecule has 2 aromatic carbocycles. The van der Waals surface area contributed by atoms with E-state index in [1.165, 1.54) is 17.3 Å². The lowest BCUT2D eigenvalue weighted by Gasteiger charge is -2.09. The summed E-state index contributed by atoms with van der Waals surface area (Å²) in [6.07, 6.45) is 3.26. The van der Waals surface area contributed by atoms with E-state index in [-0.39, 0.29) is 11.7 Å². The predicted octanol–water partition coefficient (Wildman–Crippen LogP) is 2.95. The van der Waals surface area contributed by atoms with Crippen LogP contribution in [0.15, 0.2) is 53.9 Å². The van der Waals surface area contributed by atoms with Crippen LogP contribution < -0.4 is 5.32 Å². The molecule has 0 aliphatic carbocycles. The Balaban J connectivity index is 1.44. The van der Waals surface area contributed by atoms with E-state index in [0.29, 0.717) is 10.8 Å². The summed E-state index contributed by atoms with van der Waals surface area (Å²) in [5.41, 5.74) is 5.31. The van der Waals surface area contributed by atoms with Gasteiger partial charge in [0, 0.05) is 18.1 Å². The first-order chi connectivity index (χ1) is 13.6. The van der Waals surface area contributed by atoms with E-state index >= 15 is 0 Å². The molecule has 0 radical (unpaired) electrons.